The van der Waals surface area contributed by atoms with Crippen LogP contribution in [-0.4, -0.2) is 41.9 Å². The van der Waals surface area contributed by atoms with Crippen molar-refractivity contribution in [1.29, 1.82) is 0 Å². The number of nitrogens with zero attached hydrogens (tertiary/aromatic N) is 3. The molecule has 2 N–H and O–H groups in total. The summed E-state index contributed by atoms with van der Waals surface area (Å²) in [6.07, 6.45) is 0. The van der Waals surface area contributed by atoms with E-state index < -0.39 is 0 Å². The number of nitrogen functional groups attached to an aromatic ring is 1. The summed E-state index contributed by atoms with van der Waals surface area (Å²) in [5.74, 6) is 0.717. The predicted molar refractivity (Wildman–Crippen MR) is 61.1 cm³/mol. The quantitative estimate of drug-likeness (QED) is 0.748. The summed E-state index contributed by atoms with van der Waals surface area (Å²) >= 11 is 1.37. The molecular formula is C9H14N4OS. The van der Waals surface area contributed by atoms with Crippen LogP contribution < -0.4 is 10.6 Å². The molecule has 82 valence electrons. The van der Waals surface area contributed by atoms with Gasteiger partial charge in [-0.2, -0.15) is 4.37 Å². The molecular weight excluding hydrogens is 212 g/mol. The Bertz CT molecular complexity index is 389. The van der Waals surface area contributed by atoms with E-state index in [4.69, 9.17) is 5.73 Å². The highest BCUT2D eigenvalue weighted by molar-refractivity contribution is 7.10. The summed E-state index contributed by atoms with van der Waals surface area (Å²) in [7, 11) is 1.83. The third kappa shape index (κ3) is 1.77. The van der Waals surface area contributed by atoms with Gasteiger partial charge in [-0.3, -0.25) is 4.79 Å². The average molecular weight is 226 g/mol. The maximum Gasteiger partial charge on any atom is 0.241 e. The zero-order valence-corrected chi connectivity index (χ0v) is 9.67. The van der Waals surface area contributed by atoms with Crippen LogP contribution in [0.5, 0.6) is 0 Å². The topological polar surface area (TPSA) is 62.5 Å². The van der Waals surface area contributed by atoms with Crippen molar-refractivity contribution < 1.29 is 4.79 Å². The normalized spacial score (nSPS) is 17.3. The fraction of sp³-hybridized carbons (Fsp3) is 0.556. The number of hydrogen-bond acceptors (Lipinski definition) is 5. The molecule has 1 aliphatic heterocycles. The van der Waals surface area contributed by atoms with Crippen molar-refractivity contribution in [3.63, 3.8) is 0 Å². The van der Waals surface area contributed by atoms with Gasteiger partial charge in [-0.1, -0.05) is 0 Å². The maximum absolute atomic E-state index is 11.5. The number of amides is 1. The minimum Gasteiger partial charge on any atom is -0.383 e. The number of carbonyl (C=O) groups is 1. The lowest BCUT2D eigenvalue weighted by molar-refractivity contribution is -0.129. The van der Waals surface area contributed by atoms with Crippen molar-refractivity contribution in [2.75, 3.05) is 37.3 Å². The number of aromatic nitrogens is 1. The second-order valence-electron chi connectivity index (χ2n) is 3.73. The summed E-state index contributed by atoms with van der Waals surface area (Å²) in [5.41, 5.74) is 6.67. The van der Waals surface area contributed by atoms with Crippen molar-refractivity contribution in [2.24, 2.45) is 0 Å². The summed E-state index contributed by atoms with van der Waals surface area (Å²) in [6, 6.07) is 0. The van der Waals surface area contributed by atoms with E-state index >= 15 is 0 Å². The molecule has 1 aromatic heterocycles. The lowest BCUT2D eigenvalue weighted by Gasteiger charge is -2.32. The molecule has 0 aromatic carbocycles. The fourth-order valence-corrected chi connectivity index (χ4v) is 2.40. The van der Waals surface area contributed by atoms with Gasteiger partial charge in [0.05, 0.1) is 6.54 Å². The van der Waals surface area contributed by atoms with Crippen LogP contribution in [-0.2, 0) is 4.79 Å². The van der Waals surface area contributed by atoms with E-state index in [1.54, 1.807) is 4.90 Å². The van der Waals surface area contributed by atoms with E-state index in [2.05, 4.69) is 4.37 Å². The van der Waals surface area contributed by atoms with Gasteiger partial charge in [0, 0.05) is 25.7 Å². The Balaban J connectivity index is 2.19. The summed E-state index contributed by atoms with van der Waals surface area (Å²) in [5, 5.41) is 1.02. The van der Waals surface area contributed by atoms with Crippen molar-refractivity contribution in [3.8, 4) is 0 Å². The Morgan fingerprint density at radius 1 is 1.47 bits per heavy atom. The van der Waals surface area contributed by atoms with Crippen LogP contribution in [0, 0.1) is 6.92 Å². The van der Waals surface area contributed by atoms with Gasteiger partial charge in [-0.25, -0.2) is 0 Å². The Labute approximate surface area is 92.6 Å². The van der Waals surface area contributed by atoms with Crippen molar-refractivity contribution in [2.45, 2.75) is 6.92 Å². The fourth-order valence-electron chi connectivity index (χ4n) is 1.57. The molecule has 5 nitrogen and oxygen atoms in total. The Hall–Kier alpha value is -1.30. The third-order valence-electron chi connectivity index (χ3n) is 2.68. The zero-order valence-electron chi connectivity index (χ0n) is 8.86. The Morgan fingerprint density at radius 2 is 2.20 bits per heavy atom. The lowest BCUT2D eigenvalue weighted by atomic mass is 10.3. The van der Waals surface area contributed by atoms with Crippen molar-refractivity contribution in [3.05, 3.63) is 5.56 Å². The van der Waals surface area contributed by atoms with Crippen LogP contribution in [0.1, 0.15) is 5.56 Å². The van der Waals surface area contributed by atoms with Crippen LogP contribution >= 0.6 is 11.5 Å². The van der Waals surface area contributed by atoms with Gasteiger partial charge in [-0.05, 0) is 18.5 Å². The zero-order chi connectivity index (χ0) is 11.0. The SMILES string of the molecule is Cc1c(N)nsc1N1CCN(C)C(=O)C1. The number of anilines is 2. The van der Waals surface area contributed by atoms with E-state index in [1.807, 2.05) is 18.9 Å². The van der Waals surface area contributed by atoms with Crippen LogP contribution in [0.15, 0.2) is 0 Å². The van der Waals surface area contributed by atoms with E-state index in [9.17, 15) is 4.79 Å². The smallest absolute Gasteiger partial charge is 0.241 e. The molecule has 2 rings (SSSR count). The van der Waals surface area contributed by atoms with E-state index in [1.165, 1.54) is 11.5 Å². The summed E-state index contributed by atoms with van der Waals surface area (Å²) in [6.45, 7) is 3.98. The molecule has 0 bridgehead atoms. The van der Waals surface area contributed by atoms with Gasteiger partial charge in [-0.15, -0.1) is 0 Å². The largest absolute Gasteiger partial charge is 0.383 e. The lowest BCUT2D eigenvalue weighted by Crippen LogP contribution is -2.48. The van der Waals surface area contributed by atoms with Crippen molar-refractivity contribution in [1.82, 2.24) is 9.27 Å². The highest BCUT2D eigenvalue weighted by Gasteiger charge is 2.24. The number of likely N-dealkylation sites (N-methyl/N-ethyl adjacent to an activating group) is 1. The molecule has 0 radical (unpaired) electrons. The monoisotopic (exact) mass is 226 g/mol. The first-order valence-electron chi connectivity index (χ1n) is 4.80. The van der Waals surface area contributed by atoms with Crippen LogP contribution in [0.4, 0.5) is 10.8 Å². The molecule has 2 heterocycles. The highest BCUT2D eigenvalue weighted by Crippen LogP contribution is 2.30. The molecule has 0 unspecified atom stereocenters. The first-order valence-corrected chi connectivity index (χ1v) is 5.57. The van der Waals surface area contributed by atoms with Gasteiger partial charge >= 0.3 is 0 Å². The minimum absolute atomic E-state index is 0.146. The van der Waals surface area contributed by atoms with E-state index in [0.717, 1.165) is 23.7 Å². The number of hydrogen-bond donors (Lipinski definition) is 1. The van der Waals surface area contributed by atoms with E-state index in [-0.39, 0.29) is 5.91 Å². The predicted octanol–water partition coefficient (Wildman–Crippen LogP) is 0.312. The summed E-state index contributed by atoms with van der Waals surface area (Å²) in [4.78, 5) is 15.3. The number of nitrogens with two attached hydrogens (primary N) is 1. The molecule has 0 atom stereocenters. The molecule has 1 aliphatic rings. The van der Waals surface area contributed by atoms with Crippen LogP contribution in [0.25, 0.3) is 0 Å². The first-order chi connectivity index (χ1) is 7.09. The van der Waals surface area contributed by atoms with Gasteiger partial charge in [0.1, 0.15) is 10.8 Å². The maximum atomic E-state index is 11.5. The van der Waals surface area contributed by atoms with Gasteiger partial charge in [0.15, 0.2) is 0 Å². The van der Waals surface area contributed by atoms with Crippen LogP contribution in [0.2, 0.25) is 0 Å². The van der Waals surface area contributed by atoms with Gasteiger partial charge in [0.25, 0.3) is 0 Å². The Kier molecular flexibility index (Phi) is 2.52. The van der Waals surface area contributed by atoms with Gasteiger partial charge in [0.2, 0.25) is 5.91 Å². The number of carbonyl (C=O) groups excluding carboxylic acids is 1. The van der Waals surface area contributed by atoms with Crippen LogP contribution in [0.3, 0.4) is 0 Å². The molecule has 1 amide bonds. The highest BCUT2D eigenvalue weighted by atomic mass is 32.1. The standard InChI is InChI=1S/C9H14N4OS/c1-6-8(10)11-15-9(6)13-4-3-12(2)7(14)5-13/h3-5H2,1-2H3,(H2,10,11). The summed E-state index contributed by atoms with van der Waals surface area (Å²) < 4.78 is 4.09. The minimum atomic E-state index is 0.146. The third-order valence-corrected chi connectivity index (χ3v) is 3.71. The molecule has 1 saturated heterocycles. The average Bonchev–Trinajstić information content (AvgIpc) is 2.53. The van der Waals surface area contributed by atoms with E-state index in [0.29, 0.717) is 12.4 Å². The second kappa shape index (κ2) is 3.69. The molecule has 6 heteroatoms. The number of piperazine rings is 1. The first kappa shape index (κ1) is 10.2. The molecule has 0 saturated carbocycles. The molecule has 0 spiro atoms. The van der Waals surface area contributed by atoms with Gasteiger partial charge < -0.3 is 15.5 Å². The Morgan fingerprint density at radius 3 is 2.73 bits per heavy atom. The molecule has 1 aromatic rings. The molecule has 1 fully saturated rings. The second-order valence-corrected chi connectivity index (χ2v) is 4.49. The molecule has 15 heavy (non-hydrogen) atoms. The van der Waals surface area contributed by atoms with Crippen molar-refractivity contribution >= 4 is 28.3 Å². The molecule has 0 aliphatic carbocycles. The number of rotatable bonds is 1.